The van der Waals surface area contributed by atoms with Gasteiger partial charge in [-0.25, -0.2) is 4.98 Å². The molecule has 0 unspecified atom stereocenters. The molecule has 2 aliphatic carbocycles. The number of nitrogens with one attached hydrogen (secondary N) is 2. The van der Waals surface area contributed by atoms with Crippen LogP contribution in [0.1, 0.15) is 61.6 Å². The topological polar surface area (TPSA) is 50.0 Å². The van der Waals surface area contributed by atoms with Crippen molar-refractivity contribution in [2.75, 3.05) is 5.32 Å². The number of pyridine rings is 1. The summed E-state index contributed by atoms with van der Waals surface area (Å²) in [6.07, 6.45) is 10.8. The number of H-pyrrole nitrogens is 1. The van der Waals surface area contributed by atoms with Gasteiger partial charge in [0.25, 0.3) is 5.82 Å². The third-order valence-electron chi connectivity index (χ3n) is 5.70. The van der Waals surface area contributed by atoms with E-state index in [1.165, 1.54) is 67.3 Å². The molecule has 0 aliphatic heterocycles. The van der Waals surface area contributed by atoms with E-state index in [0.717, 1.165) is 24.2 Å². The SMILES string of the molecule is N#Cc1c(NC2CCCCC2)[nH+]c(-c2ccccc2)c2c1CCCC2. The Morgan fingerprint density at radius 3 is 2.36 bits per heavy atom. The molecule has 1 heterocycles. The number of aromatic amines is 1. The van der Waals surface area contributed by atoms with Crippen molar-refractivity contribution in [3.05, 3.63) is 47.0 Å². The van der Waals surface area contributed by atoms with E-state index in [0.29, 0.717) is 6.04 Å². The molecule has 1 fully saturated rings. The highest BCUT2D eigenvalue weighted by molar-refractivity contribution is 5.67. The van der Waals surface area contributed by atoms with Gasteiger partial charge in [0, 0.05) is 11.1 Å². The number of aromatic nitrogens is 1. The Hall–Kier alpha value is -2.34. The van der Waals surface area contributed by atoms with Gasteiger partial charge < -0.3 is 0 Å². The zero-order valence-corrected chi connectivity index (χ0v) is 14.8. The maximum atomic E-state index is 9.86. The van der Waals surface area contributed by atoms with Gasteiger partial charge in [-0.2, -0.15) is 5.26 Å². The molecule has 128 valence electrons. The molecule has 1 aromatic heterocycles. The van der Waals surface area contributed by atoms with Gasteiger partial charge in [-0.1, -0.05) is 36.8 Å². The van der Waals surface area contributed by atoms with Gasteiger partial charge in [0.05, 0.1) is 6.04 Å². The lowest BCUT2D eigenvalue weighted by molar-refractivity contribution is -0.349. The lowest BCUT2D eigenvalue weighted by atomic mass is 9.86. The van der Waals surface area contributed by atoms with E-state index in [4.69, 9.17) is 0 Å². The summed E-state index contributed by atoms with van der Waals surface area (Å²) in [6.45, 7) is 0. The van der Waals surface area contributed by atoms with Crippen molar-refractivity contribution < 1.29 is 4.98 Å². The Kier molecular flexibility index (Phi) is 4.70. The molecule has 0 bridgehead atoms. The Balaban J connectivity index is 1.81. The molecule has 0 atom stereocenters. The molecule has 3 nitrogen and oxygen atoms in total. The first-order valence-electron chi connectivity index (χ1n) is 9.70. The van der Waals surface area contributed by atoms with E-state index in [9.17, 15) is 5.26 Å². The molecule has 3 heteroatoms. The summed E-state index contributed by atoms with van der Waals surface area (Å²) in [5.41, 5.74) is 5.89. The van der Waals surface area contributed by atoms with E-state index >= 15 is 0 Å². The van der Waals surface area contributed by atoms with Crippen LogP contribution in [-0.2, 0) is 12.8 Å². The normalized spacial score (nSPS) is 17.6. The molecular weight excluding hydrogens is 306 g/mol. The average molecular weight is 332 g/mol. The summed E-state index contributed by atoms with van der Waals surface area (Å²) < 4.78 is 0. The van der Waals surface area contributed by atoms with Gasteiger partial charge in [-0.15, -0.1) is 0 Å². The summed E-state index contributed by atoms with van der Waals surface area (Å²) in [6, 6.07) is 13.5. The fourth-order valence-corrected chi connectivity index (χ4v) is 4.40. The number of anilines is 1. The zero-order chi connectivity index (χ0) is 17.1. The lowest BCUT2D eigenvalue weighted by Crippen LogP contribution is -2.30. The van der Waals surface area contributed by atoms with Crippen LogP contribution in [0.5, 0.6) is 0 Å². The van der Waals surface area contributed by atoms with Gasteiger partial charge in [0.1, 0.15) is 17.3 Å². The predicted octanol–water partition coefficient (Wildman–Crippen LogP) is 4.66. The Morgan fingerprint density at radius 1 is 0.920 bits per heavy atom. The number of hydrogen-bond acceptors (Lipinski definition) is 2. The fraction of sp³-hybridized carbons (Fsp3) is 0.455. The fourth-order valence-electron chi connectivity index (χ4n) is 4.40. The van der Waals surface area contributed by atoms with E-state index in [2.05, 4.69) is 46.7 Å². The van der Waals surface area contributed by atoms with E-state index in [1.807, 2.05) is 0 Å². The standard InChI is InChI=1S/C22H25N3/c23-15-20-18-13-7-8-14-19(18)21(16-9-3-1-4-10-16)25-22(20)24-17-11-5-2-6-12-17/h1,3-4,9-10,17H,2,5-8,11-14H2,(H,24,25)/p+1. The van der Waals surface area contributed by atoms with Crippen LogP contribution >= 0.6 is 0 Å². The van der Waals surface area contributed by atoms with Crippen LogP contribution in [0.15, 0.2) is 30.3 Å². The van der Waals surface area contributed by atoms with Crippen LogP contribution in [0.3, 0.4) is 0 Å². The van der Waals surface area contributed by atoms with Gasteiger partial charge in [0.2, 0.25) is 0 Å². The molecule has 0 saturated heterocycles. The van der Waals surface area contributed by atoms with Gasteiger partial charge >= 0.3 is 0 Å². The predicted molar refractivity (Wildman–Crippen MR) is 100 cm³/mol. The summed E-state index contributed by atoms with van der Waals surface area (Å²) >= 11 is 0. The van der Waals surface area contributed by atoms with Crippen molar-refractivity contribution in [2.45, 2.75) is 63.8 Å². The second kappa shape index (κ2) is 7.27. The summed E-state index contributed by atoms with van der Waals surface area (Å²) in [7, 11) is 0. The van der Waals surface area contributed by atoms with Crippen LogP contribution in [0.2, 0.25) is 0 Å². The van der Waals surface area contributed by atoms with Crippen molar-refractivity contribution in [1.82, 2.24) is 0 Å². The maximum absolute atomic E-state index is 9.86. The second-order valence-electron chi connectivity index (χ2n) is 7.37. The van der Waals surface area contributed by atoms with Crippen molar-refractivity contribution in [2.24, 2.45) is 0 Å². The van der Waals surface area contributed by atoms with Gasteiger partial charge in [-0.3, -0.25) is 5.32 Å². The lowest BCUT2D eigenvalue weighted by Gasteiger charge is -2.23. The van der Waals surface area contributed by atoms with Crippen LogP contribution in [0.25, 0.3) is 11.3 Å². The number of rotatable bonds is 3. The number of benzene rings is 1. The minimum atomic E-state index is 0.488. The molecule has 25 heavy (non-hydrogen) atoms. The van der Waals surface area contributed by atoms with E-state index in [-0.39, 0.29) is 0 Å². The monoisotopic (exact) mass is 332 g/mol. The third-order valence-corrected chi connectivity index (χ3v) is 5.70. The molecule has 1 aromatic carbocycles. The summed E-state index contributed by atoms with van der Waals surface area (Å²) in [5, 5.41) is 13.5. The average Bonchev–Trinajstić information content (AvgIpc) is 2.69. The van der Waals surface area contributed by atoms with Gasteiger partial charge in [0.15, 0.2) is 0 Å². The minimum absolute atomic E-state index is 0.488. The molecule has 1 saturated carbocycles. The van der Waals surface area contributed by atoms with Crippen molar-refractivity contribution in [3.8, 4) is 17.3 Å². The number of fused-ring (bicyclic) bond motifs is 1. The van der Waals surface area contributed by atoms with Crippen LogP contribution < -0.4 is 10.3 Å². The molecule has 4 rings (SSSR count). The molecule has 0 amide bonds. The van der Waals surface area contributed by atoms with Crippen LogP contribution in [0.4, 0.5) is 5.82 Å². The molecule has 2 N–H and O–H groups in total. The Bertz CT molecular complexity index is 783. The van der Waals surface area contributed by atoms with Crippen LogP contribution in [0, 0.1) is 11.3 Å². The first-order valence-corrected chi connectivity index (χ1v) is 9.70. The maximum Gasteiger partial charge on any atom is 0.291 e. The highest BCUT2D eigenvalue weighted by Crippen LogP contribution is 2.33. The molecule has 2 aromatic rings. The number of hydrogen-bond donors (Lipinski definition) is 1. The second-order valence-corrected chi connectivity index (χ2v) is 7.37. The molecule has 0 radical (unpaired) electrons. The minimum Gasteiger partial charge on any atom is -0.271 e. The zero-order valence-electron chi connectivity index (χ0n) is 14.8. The Morgan fingerprint density at radius 2 is 1.64 bits per heavy atom. The number of nitriles is 1. The third kappa shape index (κ3) is 3.26. The molecular formula is C22H26N3+. The van der Waals surface area contributed by atoms with E-state index in [1.54, 1.807) is 0 Å². The van der Waals surface area contributed by atoms with Crippen LogP contribution in [-0.4, -0.2) is 6.04 Å². The highest BCUT2D eigenvalue weighted by Gasteiger charge is 2.28. The smallest absolute Gasteiger partial charge is 0.271 e. The quantitative estimate of drug-likeness (QED) is 0.888. The first-order chi connectivity index (χ1) is 12.4. The largest absolute Gasteiger partial charge is 0.291 e. The number of nitrogens with zero attached hydrogens (tertiary/aromatic N) is 1. The Labute approximate surface area is 150 Å². The van der Waals surface area contributed by atoms with Crippen molar-refractivity contribution >= 4 is 5.82 Å². The van der Waals surface area contributed by atoms with Crippen molar-refractivity contribution in [1.29, 1.82) is 5.26 Å². The van der Waals surface area contributed by atoms with Gasteiger partial charge in [-0.05, 0) is 56.9 Å². The summed E-state index contributed by atoms with van der Waals surface area (Å²) in [5.74, 6) is 0.939. The molecule has 0 spiro atoms. The van der Waals surface area contributed by atoms with E-state index < -0.39 is 0 Å². The van der Waals surface area contributed by atoms with Crippen molar-refractivity contribution in [3.63, 3.8) is 0 Å². The molecule has 2 aliphatic rings. The summed E-state index contributed by atoms with van der Waals surface area (Å²) in [4.78, 5) is 3.62. The highest BCUT2D eigenvalue weighted by atomic mass is 15.0. The first kappa shape index (κ1) is 16.1.